The third-order valence-corrected chi connectivity index (χ3v) is 1.99. The smallest absolute Gasteiger partial charge is 0.177 e. The molecule has 0 saturated heterocycles. The summed E-state index contributed by atoms with van der Waals surface area (Å²) in [6.45, 7) is 0. The lowest BCUT2D eigenvalue weighted by Crippen LogP contribution is -1.76. The number of aromatic hydroxyl groups is 1. The van der Waals surface area contributed by atoms with Gasteiger partial charge in [0.15, 0.2) is 8.69 Å². The highest BCUT2D eigenvalue weighted by molar-refractivity contribution is 7.16. The summed E-state index contributed by atoms with van der Waals surface area (Å²) < 4.78 is 8.57. The van der Waals surface area contributed by atoms with Crippen molar-refractivity contribution in [3.05, 3.63) is 54.6 Å². The zero-order valence-electron chi connectivity index (χ0n) is 8.58. The second-order valence-corrected chi connectivity index (χ2v) is 3.20. The second-order valence-electron chi connectivity index (χ2n) is 2.99. The topological polar surface area (TPSA) is 57.5 Å². The molecule has 2 rings (SSSR count). The largest absolute Gasteiger partial charge is 0.507 e. The summed E-state index contributed by atoms with van der Waals surface area (Å²) in [5.41, 5.74) is 1.92. The number of benzene rings is 2. The Morgan fingerprint density at radius 1 is 0.875 bits per heavy atom. The molecule has 4 heteroatoms. The highest BCUT2D eigenvalue weighted by Crippen LogP contribution is 2.27. The van der Waals surface area contributed by atoms with E-state index < -0.39 is 8.69 Å². The summed E-state index contributed by atoms with van der Waals surface area (Å²) in [7, 11) is -1.50. The number of rotatable bonds is 1. The van der Waals surface area contributed by atoms with Crippen LogP contribution in [0.5, 0.6) is 5.75 Å². The Kier molecular flexibility index (Phi) is 5.34. The average molecular weight is 236 g/mol. The lowest BCUT2D eigenvalue weighted by atomic mass is 10.1. The van der Waals surface area contributed by atoms with E-state index in [2.05, 4.69) is 0 Å². The van der Waals surface area contributed by atoms with Gasteiger partial charge in [-0.2, -0.15) is 0 Å². The van der Waals surface area contributed by atoms with Gasteiger partial charge in [-0.1, -0.05) is 48.5 Å². The van der Waals surface area contributed by atoms with Crippen molar-refractivity contribution in [2.24, 2.45) is 0 Å². The van der Waals surface area contributed by atoms with Crippen molar-refractivity contribution in [3.63, 3.8) is 0 Å². The van der Waals surface area contributed by atoms with Gasteiger partial charge in [-0.25, -0.2) is 0 Å². The van der Waals surface area contributed by atoms with E-state index in [0.29, 0.717) is 5.75 Å². The van der Waals surface area contributed by atoms with Crippen molar-refractivity contribution in [2.45, 2.75) is 0 Å². The molecule has 0 radical (unpaired) electrons. The molecule has 3 nitrogen and oxygen atoms in total. The summed E-state index contributed by atoms with van der Waals surface area (Å²) in [6.07, 6.45) is 0. The van der Waals surface area contributed by atoms with Crippen LogP contribution >= 0.6 is 8.69 Å². The zero-order valence-corrected chi connectivity index (χ0v) is 9.73. The molecule has 0 aliphatic carbocycles. The van der Waals surface area contributed by atoms with Crippen molar-refractivity contribution in [1.82, 2.24) is 0 Å². The molecule has 2 aromatic carbocycles. The van der Waals surface area contributed by atoms with E-state index in [1.54, 1.807) is 6.07 Å². The first-order valence-corrected chi connectivity index (χ1v) is 5.69. The summed E-state index contributed by atoms with van der Waals surface area (Å²) in [4.78, 5) is 7.10. The molecule has 0 fully saturated rings. The van der Waals surface area contributed by atoms with Crippen molar-refractivity contribution >= 4 is 8.69 Å². The van der Waals surface area contributed by atoms with Crippen LogP contribution in [0.3, 0.4) is 0 Å². The predicted molar refractivity (Wildman–Crippen MR) is 66.2 cm³/mol. The Hall–Kier alpha value is -1.57. The molecule has 16 heavy (non-hydrogen) atoms. The van der Waals surface area contributed by atoms with Gasteiger partial charge in [0.25, 0.3) is 0 Å². The van der Waals surface area contributed by atoms with E-state index in [1.165, 1.54) is 0 Å². The van der Waals surface area contributed by atoms with Gasteiger partial charge in [0.2, 0.25) is 0 Å². The van der Waals surface area contributed by atoms with Crippen molar-refractivity contribution in [2.75, 3.05) is 0 Å². The molecule has 0 spiro atoms. The Morgan fingerprint density at radius 2 is 1.38 bits per heavy atom. The van der Waals surface area contributed by atoms with E-state index in [-0.39, 0.29) is 0 Å². The van der Waals surface area contributed by atoms with Crippen LogP contribution in [0.25, 0.3) is 11.1 Å². The molecule has 0 aliphatic rings. The minimum absolute atomic E-state index is 0.328. The monoisotopic (exact) mass is 236 g/mol. The van der Waals surface area contributed by atoms with E-state index in [0.717, 1.165) is 11.1 Å². The predicted octanol–water partition coefficient (Wildman–Crippen LogP) is 2.71. The van der Waals surface area contributed by atoms with Gasteiger partial charge < -0.3 is 10.00 Å². The third kappa shape index (κ3) is 3.54. The Morgan fingerprint density at radius 3 is 1.94 bits per heavy atom. The van der Waals surface area contributed by atoms with Crippen molar-refractivity contribution in [3.8, 4) is 16.9 Å². The minimum Gasteiger partial charge on any atom is -0.507 e. The van der Waals surface area contributed by atoms with Crippen LogP contribution in [0, 0.1) is 0 Å². The van der Waals surface area contributed by atoms with Crippen LogP contribution in [0.4, 0.5) is 0 Å². The maximum atomic E-state index is 9.56. The number of phenols is 1. The SMILES string of the molecule is O=[PH2]O.Oc1ccccc1-c1ccccc1. The standard InChI is InChI=1S/C12H10O.H3O2P/c13-12-9-5-4-8-11(12)10-6-2-1-3-7-10;1-3-2/h1-9,13H;3H2,(H,1,2). The van der Waals surface area contributed by atoms with E-state index in [9.17, 15) is 5.11 Å². The lowest BCUT2D eigenvalue weighted by molar-refractivity contribution is 0.477. The van der Waals surface area contributed by atoms with Crippen LogP contribution in [0.1, 0.15) is 0 Å². The van der Waals surface area contributed by atoms with E-state index in [1.807, 2.05) is 48.5 Å². The quantitative estimate of drug-likeness (QED) is 0.748. The van der Waals surface area contributed by atoms with Gasteiger partial charge in [0, 0.05) is 5.56 Å². The summed E-state index contributed by atoms with van der Waals surface area (Å²) in [5, 5.41) is 9.56. The highest BCUT2D eigenvalue weighted by atomic mass is 31.1. The Bertz CT molecular complexity index is 443. The third-order valence-electron chi connectivity index (χ3n) is 1.99. The van der Waals surface area contributed by atoms with Gasteiger partial charge in [-0.05, 0) is 11.6 Å². The molecule has 84 valence electrons. The zero-order chi connectivity index (χ0) is 11.8. The van der Waals surface area contributed by atoms with Crippen LogP contribution in [-0.2, 0) is 4.57 Å². The number of phenolic OH excluding ortho intramolecular Hbond substituents is 1. The fourth-order valence-electron chi connectivity index (χ4n) is 1.34. The molecule has 0 amide bonds. The lowest BCUT2D eigenvalue weighted by Gasteiger charge is -2.02. The number of para-hydroxylation sites is 1. The van der Waals surface area contributed by atoms with E-state index in [4.69, 9.17) is 9.46 Å². The van der Waals surface area contributed by atoms with Gasteiger partial charge in [0.1, 0.15) is 5.75 Å². The molecule has 2 N–H and O–H groups in total. The number of hydrogen-bond acceptors (Lipinski definition) is 2. The first kappa shape index (κ1) is 12.5. The van der Waals surface area contributed by atoms with Crippen LogP contribution < -0.4 is 0 Å². The fraction of sp³-hybridized carbons (Fsp3) is 0. The van der Waals surface area contributed by atoms with Crippen LogP contribution in [0.15, 0.2) is 54.6 Å². The molecule has 0 saturated carbocycles. The molecular weight excluding hydrogens is 223 g/mol. The first-order chi connectivity index (χ1) is 7.79. The number of hydrogen-bond donors (Lipinski definition) is 2. The minimum atomic E-state index is -1.50. The maximum absolute atomic E-state index is 9.56. The van der Waals surface area contributed by atoms with Crippen LogP contribution in [-0.4, -0.2) is 10.00 Å². The molecule has 1 atom stereocenters. The van der Waals surface area contributed by atoms with E-state index >= 15 is 0 Å². The van der Waals surface area contributed by atoms with Crippen molar-refractivity contribution < 1.29 is 14.6 Å². The van der Waals surface area contributed by atoms with Crippen molar-refractivity contribution in [1.29, 1.82) is 0 Å². The van der Waals surface area contributed by atoms with Gasteiger partial charge in [0.05, 0.1) is 0 Å². The van der Waals surface area contributed by atoms with Gasteiger partial charge in [-0.15, -0.1) is 0 Å². The Balaban J connectivity index is 0.000000386. The second kappa shape index (κ2) is 6.83. The average Bonchev–Trinajstić information content (AvgIpc) is 2.32. The molecule has 1 unspecified atom stereocenters. The van der Waals surface area contributed by atoms with Gasteiger partial charge in [-0.3, -0.25) is 4.57 Å². The van der Waals surface area contributed by atoms with Gasteiger partial charge >= 0.3 is 0 Å². The summed E-state index contributed by atoms with van der Waals surface area (Å²) >= 11 is 0. The highest BCUT2D eigenvalue weighted by Gasteiger charge is 2.00. The molecular formula is C12H13O3P. The first-order valence-electron chi connectivity index (χ1n) is 4.71. The van der Waals surface area contributed by atoms with Crippen LogP contribution in [0.2, 0.25) is 0 Å². The fourth-order valence-corrected chi connectivity index (χ4v) is 1.34. The Labute approximate surface area is 95.3 Å². The maximum Gasteiger partial charge on any atom is 0.177 e. The molecule has 0 aromatic heterocycles. The summed E-state index contributed by atoms with van der Waals surface area (Å²) in [5.74, 6) is 0.328. The molecule has 0 heterocycles. The normalized spacial score (nSPS) is 9.81. The molecule has 2 aromatic rings. The summed E-state index contributed by atoms with van der Waals surface area (Å²) in [6, 6.07) is 17.2. The molecule has 0 bridgehead atoms. The molecule has 0 aliphatic heterocycles.